The average molecular weight is 290 g/mol. The van der Waals surface area contributed by atoms with Crippen molar-refractivity contribution in [3.8, 4) is 5.75 Å². The second-order valence-corrected chi connectivity index (χ2v) is 6.38. The SMILES string of the molecule is CCOc1cc(NC(C)c2cc(C)sc2C)ccc1N. The molecule has 0 radical (unpaired) electrons. The van der Waals surface area contributed by atoms with Gasteiger partial charge in [-0.3, -0.25) is 0 Å². The van der Waals surface area contributed by atoms with E-state index in [0.29, 0.717) is 12.3 Å². The van der Waals surface area contributed by atoms with E-state index in [1.165, 1.54) is 15.3 Å². The first kappa shape index (κ1) is 14.7. The van der Waals surface area contributed by atoms with E-state index < -0.39 is 0 Å². The van der Waals surface area contributed by atoms with Crippen molar-refractivity contribution >= 4 is 22.7 Å². The van der Waals surface area contributed by atoms with Crippen LogP contribution < -0.4 is 15.8 Å². The van der Waals surface area contributed by atoms with Gasteiger partial charge in [-0.15, -0.1) is 11.3 Å². The molecule has 1 aromatic carbocycles. The Morgan fingerprint density at radius 3 is 2.65 bits per heavy atom. The summed E-state index contributed by atoms with van der Waals surface area (Å²) in [6, 6.07) is 8.34. The Bertz CT molecular complexity index is 592. The quantitative estimate of drug-likeness (QED) is 0.796. The van der Waals surface area contributed by atoms with E-state index in [-0.39, 0.29) is 6.04 Å². The highest BCUT2D eigenvalue weighted by molar-refractivity contribution is 7.12. The van der Waals surface area contributed by atoms with Crippen molar-refractivity contribution in [1.29, 1.82) is 0 Å². The summed E-state index contributed by atoms with van der Waals surface area (Å²) in [5, 5.41) is 3.51. The van der Waals surface area contributed by atoms with E-state index in [2.05, 4.69) is 32.2 Å². The first-order valence-corrected chi connectivity index (χ1v) is 7.68. The molecule has 2 rings (SSSR count). The third-order valence-electron chi connectivity index (χ3n) is 3.24. The number of hydrogen-bond acceptors (Lipinski definition) is 4. The zero-order valence-corrected chi connectivity index (χ0v) is 13.3. The van der Waals surface area contributed by atoms with Gasteiger partial charge in [0.05, 0.1) is 12.3 Å². The van der Waals surface area contributed by atoms with Gasteiger partial charge in [-0.1, -0.05) is 0 Å². The number of anilines is 2. The van der Waals surface area contributed by atoms with Gasteiger partial charge in [0.2, 0.25) is 0 Å². The Kier molecular flexibility index (Phi) is 4.55. The number of benzene rings is 1. The maximum atomic E-state index is 5.89. The van der Waals surface area contributed by atoms with Gasteiger partial charge in [-0.25, -0.2) is 0 Å². The van der Waals surface area contributed by atoms with Crippen molar-refractivity contribution < 1.29 is 4.74 Å². The molecule has 0 fully saturated rings. The van der Waals surface area contributed by atoms with Crippen LogP contribution in [0.1, 0.15) is 35.2 Å². The zero-order chi connectivity index (χ0) is 14.7. The molecule has 2 aromatic rings. The van der Waals surface area contributed by atoms with Gasteiger partial charge >= 0.3 is 0 Å². The van der Waals surface area contributed by atoms with Crippen LogP contribution in [-0.4, -0.2) is 6.61 Å². The highest BCUT2D eigenvalue weighted by Gasteiger charge is 2.12. The first-order chi connectivity index (χ1) is 9.51. The highest BCUT2D eigenvalue weighted by Crippen LogP contribution is 2.31. The molecular weight excluding hydrogens is 268 g/mol. The lowest BCUT2D eigenvalue weighted by Gasteiger charge is -2.17. The second kappa shape index (κ2) is 6.18. The molecule has 1 heterocycles. The summed E-state index contributed by atoms with van der Waals surface area (Å²) in [6.45, 7) is 9.06. The number of nitrogens with one attached hydrogen (secondary N) is 1. The number of ether oxygens (including phenoxy) is 1. The van der Waals surface area contributed by atoms with Crippen molar-refractivity contribution in [3.63, 3.8) is 0 Å². The minimum absolute atomic E-state index is 0.262. The van der Waals surface area contributed by atoms with Gasteiger partial charge in [-0.05, 0) is 51.5 Å². The molecule has 3 nitrogen and oxygen atoms in total. The Morgan fingerprint density at radius 2 is 2.05 bits per heavy atom. The van der Waals surface area contributed by atoms with E-state index >= 15 is 0 Å². The van der Waals surface area contributed by atoms with Crippen molar-refractivity contribution in [1.82, 2.24) is 0 Å². The van der Waals surface area contributed by atoms with Crippen molar-refractivity contribution in [2.24, 2.45) is 0 Å². The zero-order valence-electron chi connectivity index (χ0n) is 12.5. The van der Waals surface area contributed by atoms with Crippen LogP contribution in [0.2, 0.25) is 0 Å². The fraction of sp³-hybridized carbons (Fsp3) is 0.375. The van der Waals surface area contributed by atoms with Crippen molar-refractivity contribution in [2.45, 2.75) is 33.7 Å². The number of thiophene rings is 1. The van der Waals surface area contributed by atoms with Gasteiger partial charge in [0.25, 0.3) is 0 Å². The third-order valence-corrected chi connectivity index (χ3v) is 4.22. The summed E-state index contributed by atoms with van der Waals surface area (Å²) in [4.78, 5) is 2.71. The lowest BCUT2D eigenvalue weighted by molar-refractivity contribution is 0.342. The molecule has 0 saturated heterocycles. The summed E-state index contributed by atoms with van der Waals surface area (Å²) in [5.74, 6) is 0.739. The number of nitrogen functional groups attached to an aromatic ring is 1. The Balaban J connectivity index is 2.17. The second-order valence-electron chi connectivity index (χ2n) is 4.92. The maximum absolute atomic E-state index is 5.89. The smallest absolute Gasteiger partial charge is 0.144 e. The molecule has 0 aliphatic carbocycles. The highest BCUT2D eigenvalue weighted by atomic mass is 32.1. The normalized spacial score (nSPS) is 12.2. The Hall–Kier alpha value is -1.68. The fourth-order valence-corrected chi connectivity index (χ4v) is 3.34. The molecular formula is C16H22N2OS. The van der Waals surface area contributed by atoms with Crippen LogP contribution in [0.25, 0.3) is 0 Å². The Morgan fingerprint density at radius 1 is 1.30 bits per heavy atom. The van der Waals surface area contributed by atoms with Gasteiger partial charge < -0.3 is 15.8 Å². The van der Waals surface area contributed by atoms with Crippen LogP contribution in [0.3, 0.4) is 0 Å². The summed E-state index contributed by atoms with van der Waals surface area (Å²) >= 11 is 1.84. The van der Waals surface area contributed by atoms with Gasteiger partial charge in [-0.2, -0.15) is 0 Å². The predicted molar refractivity (Wildman–Crippen MR) is 87.9 cm³/mol. The maximum Gasteiger partial charge on any atom is 0.144 e. The van der Waals surface area contributed by atoms with E-state index in [1.807, 2.05) is 36.5 Å². The lowest BCUT2D eigenvalue weighted by Crippen LogP contribution is -2.07. The minimum Gasteiger partial charge on any atom is -0.492 e. The van der Waals surface area contributed by atoms with Crippen LogP contribution in [0.4, 0.5) is 11.4 Å². The number of rotatable bonds is 5. The Labute approximate surface area is 124 Å². The number of nitrogens with two attached hydrogens (primary N) is 1. The molecule has 0 aliphatic rings. The molecule has 108 valence electrons. The van der Waals surface area contributed by atoms with Crippen molar-refractivity contribution in [2.75, 3.05) is 17.7 Å². The monoisotopic (exact) mass is 290 g/mol. The molecule has 0 bridgehead atoms. The van der Waals surface area contributed by atoms with Crippen LogP contribution in [-0.2, 0) is 0 Å². The van der Waals surface area contributed by atoms with Gasteiger partial charge in [0.15, 0.2) is 0 Å². The number of hydrogen-bond donors (Lipinski definition) is 2. The molecule has 0 amide bonds. The topological polar surface area (TPSA) is 47.3 Å². The van der Waals surface area contributed by atoms with E-state index in [4.69, 9.17) is 10.5 Å². The summed E-state index contributed by atoms with van der Waals surface area (Å²) in [6.07, 6.45) is 0. The summed E-state index contributed by atoms with van der Waals surface area (Å²) in [7, 11) is 0. The molecule has 4 heteroatoms. The van der Waals surface area contributed by atoms with Crippen LogP contribution in [0.15, 0.2) is 24.3 Å². The van der Waals surface area contributed by atoms with Crippen LogP contribution >= 0.6 is 11.3 Å². The molecule has 3 N–H and O–H groups in total. The molecule has 1 unspecified atom stereocenters. The average Bonchev–Trinajstić information content (AvgIpc) is 2.73. The third kappa shape index (κ3) is 3.25. The van der Waals surface area contributed by atoms with E-state index in [9.17, 15) is 0 Å². The lowest BCUT2D eigenvalue weighted by atomic mass is 10.1. The predicted octanol–water partition coefficient (Wildman–Crippen LogP) is 4.52. The largest absolute Gasteiger partial charge is 0.492 e. The molecule has 20 heavy (non-hydrogen) atoms. The molecule has 1 atom stereocenters. The minimum atomic E-state index is 0.262. The molecule has 0 aliphatic heterocycles. The van der Waals surface area contributed by atoms with Crippen LogP contribution in [0.5, 0.6) is 5.75 Å². The molecule has 0 saturated carbocycles. The van der Waals surface area contributed by atoms with Gasteiger partial charge in [0, 0.05) is 27.5 Å². The van der Waals surface area contributed by atoms with E-state index in [1.54, 1.807) is 0 Å². The van der Waals surface area contributed by atoms with Crippen molar-refractivity contribution in [3.05, 3.63) is 39.6 Å². The van der Waals surface area contributed by atoms with Gasteiger partial charge in [0.1, 0.15) is 5.75 Å². The molecule has 0 spiro atoms. The first-order valence-electron chi connectivity index (χ1n) is 6.87. The number of aryl methyl sites for hydroxylation is 2. The summed E-state index contributed by atoms with van der Waals surface area (Å²) in [5.41, 5.74) is 8.94. The standard InChI is InChI=1S/C16H22N2OS/c1-5-19-16-9-13(6-7-15(16)17)18-11(3)14-8-10(2)20-12(14)4/h6-9,11,18H,5,17H2,1-4H3. The summed E-state index contributed by atoms with van der Waals surface area (Å²) < 4.78 is 5.53. The molecule has 1 aromatic heterocycles. The fourth-order valence-electron chi connectivity index (χ4n) is 2.31. The van der Waals surface area contributed by atoms with E-state index in [0.717, 1.165) is 11.4 Å². The van der Waals surface area contributed by atoms with Crippen LogP contribution in [0, 0.1) is 13.8 Å².